The van der Waals surface area contributed by atoms with Gasteiger partial charge in [-0.1, -0.05) is 29.8 Å². The number of ketones is 1. The lowest BCUT2D eigenvalue weighted by Crippen LogP contribution is -2.29. The van der Waals surface area contributed by atoms with Crippen molar-refractivity contribution < 1.29 is 19.8 Å². The van der Waals surface area contributed by atoms with Crippen LogP contribution in [-0.4, -0.2) is 26.9 Å². The zero-order valence-electron chi connectivity index (χ0n) is 15.8. The predicted octanol–water partition coefficient (Wildman–Crippen LogP) is 4.09. The Kier molecular flexibility index (Phi) is 4.68. The third-order valence-electron chi connectivity index (χ3n) is 4.90. The molecule has 2 aromatic carbocycles. The third-order valence-corrected chi connectivity index (χ3v) is 5.67. The highest BCUT2D eigenvalue weighted by Crippen LogP contribution is 2.43. The molecule has 1 saturated heterocycles. The van der Waals surface area contributed by atoms with Crippen LogP contribution in [0.1, 0.15) is 28.3 Å². The number of hydrogen-bond acceptors (Lipinski definition) is 6. The minimum atomic E-state index is -0.895. The van der Waals surface area contributed by atoms with Crippen LogP contribution in [-0.2, 0) is 9.59 Å². The van der Waals surface area contributed by atoms with E-state index in [0.29, 0.717) is 16.3 Å². The van der Waals surface area contributed by atoms with Crippen LogP contribution >= 0.6 is 11.3 Å². The smallest absolute Gasteiger partial charge is 0.301 e. The molecular formula is C22H18N2O4S. The van der Waals surface area contributed by atoms with Crippen LogP contribution < -0.4 is 4.90 Å². The maximum Gasteiger partial charge on any atom is 0.301 e. The first-order chi connectivity index (χ1) is 13.9. The first-order valence-electron chi connectivity index (χ1n) is 8.95. The predicted molar refractivity (Wildman–Crippen MR) is 111 cm³/mol. The van der Waals surface area contributed by atoms with E-state index < -0.39 is 17.7 Å². The second-order valence-electron chi connectivity index (χ2n) is 6.90. The average molecular weight is 406 g/mol. The van der Waals surface area contributed by atoms with E-state index in [4.69, 9.17) is 0 Å². The lowest BCUT2D eigenvalue weighted by atomic mass is 9.93. The van der Waals surface area contributed by atoms with Gasteiger partial charge in [-0.15, -0.1) is 11.3 Å². The van der Waals surface area contributed by atoms with Crippen LogP contribution in [0.15, 0.2) is 59.6 Å². The Hall–Kier alpha value is -3.45. The Balaban J connectivity index is 1.99. The maximum atomic E-state index is 13.0. The molecule has 1 aliphatic heterocycles. The SMILES string of the molecule is Cc1ccc(C)c(/C(O)=C2\C(=O)C(=O)N(c3nccs3)C2c2cccc(O)c2)c1. The Morgan fingerprint density at radius 3 is 2.62 bits per heavy atom. The summed E-state index contributed by atoms with van der Waals surface area (Å²) in [5, 5.41) is 23.1. The number of phenols is 1. The molecule has 2 heterocycles. The molecule has 0 bridgehead atoms. The fourth-order valence-corrected chi connectivity index (χ4v) is 4.18. The van der Waals surface area contributed by atoms with Crippen molar-refractivity contribution in [2.75, 3.05) is 4.90 Å². The van der Waals surface area contributed by atoms with Crippen LogP contribution in [0.2, 0.25) is 0 Å². The van der Waals surface area contributed by atoms with Crippen LogP contribution in [0.3, 0.4) is 0 Å². The zero-order chi connectivity index (χ0) is 20.7. The van der Waals surface area contributed by atoms with Gasteiger partial charge in [0.15, 0.2) is 5.13 Å². The van der Waals surface area contributed by atoms with Crippen LogP contribution in [0, 0.1) is 13.8 Å². The van der Waals surface area contributed by atoms with E-state index in [2.05, 4.69) is 4.98 Å². The third kappa shape index (κ3) is 3.19. The molecule has 1 atom stereocenters. The molecule has 4 rings (SSSR count). The van der Waals surface area contributed by atoms with Gasteiger partial charge < -0.3 is 10.2 Å². The topological polar surface area (TPSA) is 90.7 Å². The van der Waals surface area contributed by atoms with Gasteiger partial charge in [-0.2, -0.15) is 0 Å². The summed E-state index contributed by atoms with van der Waals surface area (Å²) in [6.07, 6.45) is 1.55. The molecule has 0 radical (unpaired) electrons. The fourth-order valence-electron chi connectivity index (χ4n) is 3.51. The summed E-state index contributed by atoms with van der Waals surface area (Å²) in [7, 11) is 0. The Bertz CT molecular complexity index is 1150. The first-order valence-corrected chi connectivity index (χ1v) is 9.83. The molecule has 0 aliphatic carbocycles. The molecule has 6 nitrogen and oxygen atoms in total. The van der Waals surface area contributed by atoms with Gasteiger partial charge in [0.05, 0.1) is 11.6 Å². The molecule has 0 saturated carbocycles. The van der Waals surface area contributed by atoms with Crippen LogP contribution in [0.4, 0.5) is 5.13 Å². The van der Waals surface area contributed by atoms with Crippen molar-refractivity contribution in [1.29, 1.82) is 0 Å². The molecule has 1 amide bonds. The van der Waals surface area contributed by atoms with Crippen molar-refractivity contribution in [2.45, 2.75) is 19.9 Å². The lowest BCUT2D eigenvalue weighted by Gasteiger charge is -2.23. The number of rotatable bonds is 3. The summed E-state index contributed by atoms with van der Waals surface area (Å²) in [6.45, 7) is 3.71. The standard InChI is InChI=1S/C22H18N2O4S/c1-12-6-7-13(2)16(10-12)19(26)17-18(14-4-3-5-15(25)11-14)24(21(28)20(17)27)22-23-8-9-29-22/h3-11,18,25-26H,1-2H3/b19-17+. The minimum absolute atomic E-state index is 0.000961. The van der Waals surface area contributed by atoms with Crippen LogP contribution in [0.5, 0.6) is 5.75 Å². The summed E-state index contributed by atoms with van der Waals surface area (Å²) >= 11 is 1.22. The number of Topliss-reactive ketones (excluding diaryl/α,β-unsaturated/α-hetero) is 1. The van der Waals surface area contributed by atoms with E-state index in [0.717, 1.165) is 11.1 Å². The molecule has 7 heteroatoms. The monoisotopic (exact) mass is 406 g/mol. The molecule has 3 aromatic rings. The van der Waals surface area contributed by atoms with Crippen molar-refractivity contribution >= 4 is 33.9 Å². The highest BCUT2D eigenvalue weighted by Gasteiger charge is 2.48. The molecule has 1 unspecified atom stereocenters. The Labute approximate surface area is 171 Å². The van der Waals surface area contributed by atoms with Crippen molar-refractivity contribution in [3.63, 3.8) is 0 Å². The van der Waals surface area contributed by atoms with Crippen LogP contribution in [0.25, 0.3) is 5.76 Å². The highest BCUT2D eigenvalue weighted by molar-refractivity contribution is 7.14. The van der Waals surface area contributed by atoms with Crippen molar-refractivity contribution in [3.8, 4) is 5.75 Å². The molecule has 1 fully saturated rings. The second kappa shape index (κ2) is 7.18. The number of phenolic OH excluding ortho intramolecular Hbond substituents is 1. The maximum absolute atomic E-state index is 13.0. The minimum Gasteiger partial charge on any atom is -0.508 e. The van der Waals surface area contributed by atoms with E-state index in [1.165, 1.54) is 28.4 Å². The normalized spacial score (nSPS) is 18.4. The highest BCUT2D eigenvalue weighted by atomic mass is 32.1. The quantitative estimate of drug-likeness (QED) is 0.388. The number of carbonyl (C=O) groups excluding carboxylic acids is 2. The number of anilines is 1. The largest absolute Gasteiger partial charge is 0.508 e. The summed E-state index contributed by atoms with van der Waals surface area (Å²) in [4.78, 5) is 31.4. The van der Waals surface area contributed by atoms with E-state index in [-0.39, 0.29) is 17.1 Å². The summed E-state index contributed by atoms with van der Waals surface area (Å²) in [5.41, 5.74) is 2.67. The number of aryl methyl sites for hydroxylation is 2. The number of benzene rings is 2. The number of aromatic nitrogens is 1. The second-order valence-corrected chi connectivity index (χ2v) is 7.77. The number of aromatic hydroxyl groups is 1. The number of amides is 1. The number of nitrogens with zero attached hydrogens (tertiary/aromatic N) is 2. The van der Waals surface area contributed by atoms with E-state index >= 15 is 0 Å². The molecule has 0 spiro atoms. The van der Waals surface area contributed by atoms with Crippen molar-refractivity contribution in [2.24, 2.45) is 0 Å². The molecule has 1 aliphatic rings. The summed E-state index contributed by atoms with van der Waals surface area (Å²) in [5.74, 6) is -1.79. The molecule has 1 aromatic heterocycles. The summed E-state index contributed by atoms with van der Waals surface area (Å²) in [6, 6.07) is 11.0. The zero-order valence-corrected chi connectivity index (χ0v) is 16.6. The van der Waals surface area contributed by atoms with E-state index in [1.807, 2.05) is 26.0 Å². The van der Waals surface area contributed by atoms with Gasteiger partial charge in [0.1, 0.15) is 11.5 Å². The lowest BCUT2D eigenvalue weighted by molar-refractivity contribution is -0.132. The summed E-state index contributed by atoms with van der Waals surface area (Å²) < 4.78 is 0. The van der Waals surface area contributed by atoms with Gasteiger partial charge in [-0.3, -0.25) is 14.5 Å². The fraction of sp³-hybridized carbons (Fsp3) is 0.136. The van der Waals surface area contributed by atoms with Gasteiger partial charge in [0, 0.05) is 17.1 Å². The Morgan fingerprint density at radius 2 is 1.93 bits per heavy atom. The van der Waals surface area contributed by atoms with Gasteiger partial charge in [-0.25, -0.2) is 4.98 Å². The number of carbonyl (C=O) groups is 2. The van der Waals surface area contributed by atoms with Crippen molar-refractivity contribution in [1.82, 2.24) is 4.98 Å². The van der Waals surface area contributed by atoms with Gasteiger partial charge in [0.2, 0.25) is 0 Å². The van der Waals surface area contributed by atoms with Gasteiger partial charge in [0.25, 0.3) is 5.78 Å². The molecular weight excluding hydrogens is 388 g/mol. The number of thiazole rings is 1. The van der Waals surface area contributed by atoms with E-state index in [9.17, 15) is 19.8 Å². The Morgan fingerprint density at radius 1 is 1.14 bits per heavy atom. The number of aliphatic hydroxyl groups excluding tert-OH is 1. The van der Waals surface area contributed by atoms with Crippen molar-refractivity contribution in [3.05, 3.63) is 81.9 Å². The number of hydrogen-bond donors (Lipinski definition) is 2. The molecule has 2 N–H and O–H groups in total. The van der Waals surface area contributed by atoms with Gasteiger partial charge >= 0.3 is 5.91 Å². The molecule has 146 valence electrons. The average Bonchev–Trinajstić information content (AvgIpc) is 3.30. The van der Waals surface area contributed by atoms with Gasteiger partial charge in [-0.05, 0) is 43.2 Å². The number of aliphatic hydroxyl groups is 1. The van der Waals surface area contributed by atoms with E-state index in [1.54, 1.807) is 29.8 Å². The first kappa shape index (κ1) is 18.9. The molecule has 29 heavy (non-hydrogen) atoms.